The molecule has 0 radical (unpaired) electrons. The predicted molar refractivity (Wildman–Crippen MR) is 111 cm³/mol. The molecule has 1 aliphatic rings. The van der Waals surface area contributed by atoms with Crippen LogP contribution in [0, 0.1) is 12.8 Å². The van der Waals surface area contributed by atoms with Crippen LogP contribution in [0.25, 0.3) is 11.2 Å². The molecule has 0 unspecified atom stereocenters. The summed E-state index contributed by atoms with van der Waals surface area (Å²) in [6.07, 6.45) is 2.20. The SMILES string of the molecule is Cc1cccc(Cn2c(N3CCC(C)CC3)nc3c2c(=O)n(C)c(=O)n3C)c1. The summed E-state index contributed by atoms with van der Waals surface area (Å²) in [6.45, 7) is 6.70. The monoisotopic (exact) mass is 381 g/mol. The van der Waals surface area contributed by atoms with E-state index in [-0.39, 0.29) is 11.2 Å². The molecule has 148 valence electrons. The van der Waals surface area contributed by atoms with E-state index in [4.69, 9.17) is 4.98 Å². The van der Waals surface area contributed by atoms with Gasteiger partial charge in [-0.1, -0.05) is 36.8 Å². The third-order valence-electron chi connectivity index (χ3n) is 5.82. The van der Waals surface area contributed by atoms with Crippen LogP contribution in [0.15, 0.2) is 33.9 Å². The zero-order valence-electron chi connectivity index (χ0n) is 17.0. The number of aromatic nitrogens is 4. The summed E-state index contributed by atoms with van der Waals surface area (Å²) >= 11 is 0. The highest BCUT2D eigenvalue weighted by atomic mass is 16.2. The maximum Gasteiger partial charge on any atom is 0.332 e. The molecule has 1 aromatic carbocycles. The van der Waals surface area contributed by atoms with Crippen molar-refractivity contribution in [3.05, 3.63) is 56.2 Å². The first kappa shape index (κ1) is 18.5. The minimum Gasteiger partial charge on any atom is -0.342 e. The number of piperidine rings is 1. The van der Waals surface area contributed by atoms with E-state index in [0.717, 1.165) is 37.4 Å². The van der Waals surface area contributed by atoms with Gasteiger partial charge in [0.05, 0.1) is 6.54 Å². The molecule has 0 N–H and O–H groups in total. The summed E-state index contributed by atoms with van der Waals surface area (Å²) < 4.78 is 4.63. The van der Waals surface area contributed by atoms with Gasteiger partial charge in [0.1, 0.15) is 0 Å². The molecule has 1 saturated heterocycles. The Hall–Kier alpha value is -2.83. The fourth-order valence-corrected chi connectivity index (χ4v) is 4.03. The third kappa shape index (κ3) is 3.04. The summed E-state index contributed by atoms with van der Waals surface area (Å²) in [5.41, 5.74) is 2.58. The standard InChI is InChI=1S/C21H27N5O2/c1-14-8-10-25(11-9-14)20-22-18-17(19(27)24(4)21(28)23(18)3)26(20)13-16-7-5-6-15(2)12-16/h5-7,12,14H,8-11,13H2,1-4H3. The Morgan fingerprint density at radius 3 is 2.50 bits per heavy atom. The summed E-state index contributed by atoms with van der Waals surface area (Å²) in [6, 6.07) is 8.28. The van der Waals surface area contributed by atoms with Crippen LogP contribution in [0.1, 0.15) is 30.9 Å². The van der Waals surface area contributed by atoms with E-state index >= 15 is 0 Å². The Morgan fingerprint density at radius 2 is 1.82 bits per heavy atom. The van der Waals surface area contributed by atoms with Crippen molar-refractivity contribution in [2.24, 2.45) is 20.0 Å². The lowest BCUT2D eigenvalue weighted by Gasteiger charge is -2.31. The summed E-state index contributed by atoms with van der Waals surface area (Å²) in [4.78, 5) is 32.4. The maximum absolute atomic E-state index is 13.0. The molecule has 7 heteroatoms. The van der Waals surface area contributed by atoms with E-state index in [2.05, 4.69) is 36.9 Å². The van der Waals surface area contributed by atoms with Gasteiger partial charge >= 0.3 is 5.69 Å². The Kier molecular flexibility index (Phi) is 4.61. The van der Waals surface area contributed by atoms with Crippen LogP contribution in [0.2, 0.25) is 0 Å². The molecular weight excluding hydrogens is 354 g/mol. The Bertz CT molecular complexity index is 1150. The highest BCUT2D eigenvalue weighted by Gasteiger charge is 2.25. The molecule has 4 rings (SSSR count). The second-order valence-corrected chi connectivity index (χ2v) is 8.03. The highest BCUT2D eigenvalue weighted by molar-refractivity contribution is 5.74. The lowest BCUT2D eigenvalue weighted by atomic mass is 10.00. The Morgan fingerprint density at radius 1 is 1.11 bits per heavy atom. The molecule has 28 heavy (non-hydrogen) atoms. The van der Waals surface area contributed by atoms with Crippen molar-refractivity contribution in [1.82, 2.24) is 18.7 Å². The molecule has 2 aromatic heterocycles. The summed E-state index contributed by atoms with van der Waals surface area (Å²) in [5, 5.41) is 0. The number of imidazole rings is 1. The summed E-state index contributed by atoms with van der Waals surface area (Å²) in [7, 11) is 3.20. The molecule has 3 heterocycles. The topological polar surface area (TPSA) is 65.1 Å². The fourth-order valence-electron chi connectivity index (χ4n) is 4.03. The predicted octanol–water partition coefficient (Wildman–Crippen LogP) is 2.03. The molecule has 0 atom stereocenters. The molecule has 1 aliphatic heterocycles. The Labute approximate surface area is 163 Å². The van der Waals surface area contributed by atoms with Crippen molar-refractivity contribution < 1.29 is 0 Å². The maximum atomic E-state index is 13.0. The molecule has 0 spiro atoms. The number of nitrogens with zero attached hydrogens (tertiary/aromatic N) is 5. The fraction of sp³-hybridized carbons (Fsp3) is 0.476. The van der Waals surface area contributed by atoms with Crippen molar-refractivity contribution in [2.75, 3.05) is 18.0 Å². The number of hydrogen-bond acceptors (Lipinski definition) is 4. The minimum atomic E-state index is -0.350. The minimum absolute atomic E-state index is 0.296. The summed E-state index contributed by atoms with van der Waals surface area (Å²) in [5.74, 6) is 1.48. The van der Waals surface area contributed by atoms with Gasteiger partial charge in [0.25, 0.3) is 5.56 Å². The Balaban J connectivity index is 1.94. The number of benzene rings is 1. The lowest BCUT2D eigenvalue weighted by molar-refractivity contribution is 0.432. The first-order chi connectivity index (χ1) is 13.4. The van der Waals surface area contributed by atoms with Gasteiger partial charge < -0.3 is 4.90 Å². The molecule has 3 aromatic rings. The van der Waals surface area contributed by atoms with E-state index in [9.17, 15) is 9.59 Å². The van der Waals surface area contributed by atoms with Crippen LogP contribution < -0.4 is 16.1 Å². The van der Waals surface area contributed by atoms with Crippen molar-refractivity contribution in [1.29, 1.82) is 0 Å². The largest absolute Gasteiger partial charge is 0.342 e. The molecule has 0 amide bonds. The van der Waals surface area contributed by atoms with Crippen molar-refractivity contribution in [2.45, 2.75) is 33.2 Å². The van der Waals surface area contributed by atoms with Crippen molar-refractivity contribution >= 4 is 17.1 Å². The van der Waals surface area contributed by atoms with Gasteiger partial charge in [-0.25, -0.2) is 4.79 Å². The molecule has 0 bridgehead atoms. The quantitative estimate of drug-likeness (QED) is 0.696. The van der Waals surface area contributed by atoms with Crippen molar-refractivity contribution in [3.63, 3.8) is 0 Å². The zero-order valence-corrected chi connectivity index (χ0v) is 17.0. The van der Waals surface area contributed by atoms with Crippen LogP contribution in [0.4, 0.5) is 5.95 Å². The second-order valence-electron chi connectivity index (χ2n) is 8.03. The van der Waals surface area contributed by atoms with Crippen LogP contribution in [-0.4, -0.2) is 31.8 Å². The number of fused-ring (bicyclic) bond motifs is 1. The van der Waals surface area contributed by atoms with Gasteiger partial charge in [0, 0.05) is 27.2 Å². The number of aryl methyl sites for hydroxylation is 2. The van der Waals surface area contributed by atoms with Gasteiger partial charge in [0.15, 0.2) is 11.2 Å². The van der Waals surface area contributed by atoms with Gasteiger partial charge in [-0.15, -0.1) is 0 Å². The zero-order chi connectivity index (χ0) is 20.0. The van der Waals surface area contributed by atoms with E-state index in [1.54, 1.807) is 7.05 Å². The molecule has 0 aliphatic carbocycles. The molecular formula is C21H27N5O2. The van der Waals surface area contributed by atoms with Crippen LogP contribution >= 0.6 is 0 Å². The normalized spacial score (nSPS) is 15.5. The van der Waals surface area contributed by atoms with Crippen LogP contribution in [0.5, 0.6) is 0 Å². The number of anilines is 1. The van der Waals surface area contributed by atoms with E-state index < -0.39 is 0 Å². The van der Waals surface area contributed by atoms with Gasteiger partial charge in [0.2, 0.25) is 5.95 Å². The highest BCUT2D eigenvalue weighted by Crippen LogP contribution is 2.26. The average Bonchev–Trinajstić information content (AvgIpc) is 3.04. The lowest BCUT2D eigenvalue weighted by Crippen LogP contribution is -2.38. The van der Waals surface area contributed by atoms with Crippen molar-refractivity contribution in [3.8, 4) is 0 Å². The van der Waals surface area contributed by atoms with Gasteiger partial charge in [-0.2, -0.15) is 4.98 Å². The van der Waals surface area contributed by atoms with Gasteiger partial charge in [-0.05, 0) is 31.2 Å². The number of rotatable bonds is 3. The second kappa shape index (κ2) is 6.96. The number of hydrogen-bond donors (Lipinski definition) is 0. The van der Waals surface area contributed by atoms with E-state index in [0.29, 0.717) is 23.6 Å². The average molecular weight is 381 g/mol. The smallest absolute Gasteiger partial charge is 0.332 e. The van der Waals surface area contributed by atoms with E-state index in [1.807, 2.05) is 10.6 Å². The third-order valence-corrected chi connectivity index (χ3v) is 5.82. The van der Waals surface area contributed by atoms with Crippen LogP contribution in [0.3, 0.4) is 0 Å². The van der Waals surface area contributed by atoms with Crippen LogP contribution in [-0.2, 0) is 20.6 Å². The molecule has 0 saturated carbocycles. The van der Waals surface area contributed by atoms with E-state index in [1.165, 1.54) is 21.7 Å². The van der Waals surface area contributed by atoms with Gasteiger partial charge in [-0.3, -0.25) is 18.5 Å². The first-order valence-corrected chi connectivity index (χ1v) is 9.83. The molecule has 7 nitrogen and oxygen atoms in total. The molecule has 1 fully saturated rings. The first-order valence-electron chi connectivity index (χ1n) is 9.83.